The number of aromatic nitrogens is 2. The van der Waals surface area contributed by atoms with Crippen LogP contribution in [0.5, 0.6) is 11.5 Å². The molecule has 0 aliphatic carbocycles. The van der Waals surface area contributed by atoms with Crippen LogP contribution in [-0.4, -0.2) is 19.7 Å². The van der Waals surface area contributed by atoms with Crippen molar-refractivity contribution in [2.75, 3.05) is 0 Å². The number of halogens is 2. The standard InChI is InChI=1S/C18H15Cl2N3O5/c1-8-15(18(20)22(26)9(2)16(8)19)12-5-4-11(21(12)3)10-6-13(23(27)28)17(25)14(24)7-10/h4-7,24-25H,1-3H3. The number of rotatable bonds is 3. The van der Waals surface area contributed by atoms with Crippen molar-refractivity contribution in [2.24, 2.45) is 7.05 Å². The molecule has 0 aliphatic heterocycles. The van der Waals surface area contributed by atoms with Gasteiger partial charge in [-0.25, -0.2) is 0 Å². The fraction of sp³-hybridized carbons (Fsp3) is 0.167. The van der Waals surface area contributed by atoms with Crippen LogP contribution in [0, 0.1) is 29.2 Å². The van der Waals surface area contributed by atoms with E-state index in [2.05, 4.69) is 0 Å². The van der Waals surface area contributed by atoms with E-state index >= 15 is 0 Å². The first kappa shape index (κ1) is 19.8. The van der Waals surface area contributed by atoms with Crippen LogP contribution in [0.25, 0.3) is 22.5 Å². The normalized spacial score (nSPS) is 11.0. The number of nitro benzene ring substituents is 1. The number of benzene rings is 1. The van der Waals surface area contributed by atoms with Crippen molar-refractivity contribution in [2.45, 2.75) is 13.8 Å². The molecule has 0 spiro atoms. The third kappa shape index (κ3) is 2.90. The summed E-state index contributed by atoms with van der Waals surface area (Å²) in [5.74, 6) is -1.42. The average Bonchev–Trinajstić information content (AvgIpc) is 3.02. The highest BCUT2D eigenvalue weighted by Crippen LogP contribution is 2.41. The van der Waals surface area contributed by atoms with E-state index in [9.17, 15) is 25.5 Å². The zero-order chi connectivity index (χ0) is 20.9. The van der Waals surface area contributed by atoms with Crippen LogP contribution in [0.3, 0.4) is 0 Å². The molecule has 8 nitrogen and oxygen atoms in total. The van der Waals surface area contributed by atoms with Gasteiger partial charge < -0.3 is 20.0 Å². The lowest BCUT2D eigenvalue weighted by atomic mass is 10.1. The number of hydrogen-bond donors (Lipinski definition) is 2. The van der Waals surface area contributed by atoms with Gasteiger partial charge in [0.2, 0.25) is 11.4 Å². The average molecular weight is 424 g/mol. The predicted molar refractivity (Wildman–Crippen MR) is 105 cm³/mol. The fourth-order valence-electron chi connectivity index (χ4n) is 3.11. The molecular weight excluding hydrogens is 409 g/mol. The molecule has 2 heterocycles. The number of nitro groups is 1. The molecule has 3 aromatic rings. The van der Waals surface area contributed by atoms with Gasteiger partial charge in [-0.3, -0.25) is 10.1 Å². The Hall–Kier alpha value is -2.97. The smallest absolute Gasteiger partial charge is 0.315 e. The first-order valence-corrected chi connectivity index (χ1v) is 8.76. The lowest BCUT2D eigenvalue weighted by Gasteiger charge is -2.15. The minimum atomic E-state index is -0.806. The largest absolute Gasteiger partial charge is 0.617 e. The molecule has 0 bridgehead atoms. The molecule has 0 aliphatic rings. The van der Waals surface area contributed by atoms with E-state index in [4.69, 9.17) is 23.2 Å². The van der Waals surface area contributed by atoms with Gasteiger partial charge in [-0.15, -0.1) is 0 Å². The molecule has 0 unspecified atom stereocenters. The summed E-state index contributed by atoms with van der Waals surface area (Å²) >= 11 is 12.5. The summed E-state index contributed by atoms with van der Waals surface area (Å²) in [7, 11) is 1.68. The molecule has 28 heavy (non-hydrogen) atoms. The van der Waals surface area contributed by atoms with Gasteiger partial charge in [0.05, 0.1) is 16.2 Å². The quantitative estimate of drug-likeness (QED) is 0.163. The van der Waals surface area contributed by atoms with Gasteiger partial charge in [0.1, 0.15) is 5.02 Å². The Bertz CT molecular complexity index is 1110. The Balaban J connectivity index is 2.25. The molecule has 3 rings (SSSR count). The molecule has 0 radical (unpaired) electrons. The van der Waals surface area contributed by atoms with Crippen LogP contribution < -0.4 is 4.73 Å². The first-order chi connectivity index (χ1) is 13.1. The van der Waals surface area contributed by atoms with Gasteiger partial charge in [0, 0.05) is 31.3 Å². The third-order valence-corrected chi connectivity index (χ3v) is 5.55. The maximum Gasteiger partial charge on any atom is 0.315 e. The topological polar surface area (TPSA) is 115 Å². The second-order valence-electron chi connectivity index (χ2n) is 6.27. The van der Waals surface area contributed by atoms with E-state index in [0.717, 1.165) is 6.07 Å². The molecular formula is C18H15Cl2N3O5. The van der Waals surface area contributed by atoms with Crippen LogP contribution in [-0.2, 0) is 7.05 Å². The summed E-state index contributed by atoms with van der Waals surface area (Å²) in [4.78, 5) is 10.3. The zero-order valence-corrected chi connectivity index (χ0v) is 16.5. The van der Waals surface area contributed by atoms with Gasteiger partial charge in [-0.1, -0.05) is 11.6 Å². The van der Waals surface area contributed by atoms with E-state index in [1.54, 1.807) is 37.6 Å². The highest BCUT2D eigenvalue weighted by Gasteiger charge is 2.26. The van der Waals surface area contributed by atoms with Crippen molar-refractivity contribution in [3.63, 3.8) is 0 Å². The van der Waals surface area contributed by atoms with Crippen LogP contribution in [0.2, 0.25) is 10.2 Å². The summed E-state index contributed by atoms with van der Waals surface area (Å²) in [6, 6.07) is 5.71. The van der Waals surface area contributed by atoms with E-state index < -0.39 is 22.1 Å². The molecule has 0 saturated carbocycles. The van der Waals surface area contributed by atoms with E-state index in [1.807, 2.05) is 0 Å². The SMILES string of the molecule is Cc1c(Cl)c(C)[n+]([O-])c(Cl)c1-c1ccc(-c2cc(O)c(O)c([N+](=O)[O-])c2)n1C. The Morgan fingerprint density at radius 3 is 2.36 bits per heavy atom. The molecule has 10 heteroatoms. The minimum Gasteiger partial charge on any atom is -0.617 e. The monoisotopic (exact) mass is 423 g/mol. The number of hydrogen-bond acceptors (Lipinski definition) is 5. The van der Waals surface area contributed by atoms with Gasteiger partial charge in [-0.05, 0) is 42.3 Å². The van der Waals surface area contributed by atoms with Gasteiger partial charge >= 0.3 is 5.69 Å². The number of pyridine rings is 1. The van der Waals surface area contributed by atoms with Crippen LogP contribution in [0.15, 0.2) is 24.3 Å². The van der Waals surface area contributed by atoms with Crippen molar-refractivity contribution < 1.29 is 19.9 Å². The first-order valence-electron chi connectivity index (χ1n) is 8.00. The summed E-state index contributed by atoms with van der Waals surface area (Å²) in [5, 5.41) is 43.2. The Kier molecular flexibility index (Phi) is 4.86. The maximum absolute atomic E-state index is 12.3. The summed E-state index contributed by atoms with van der Waals surface area (Å²) in [6.07, 6.45) is 0. The molecule has 0 atom stereocenters. The summed E-state index contributed by atoms with van der Waals surface area (Å²) in [6.45, 7) is 3.30. The van der Waals surface area contributed by atoms with Crippen LogP contribution >= 0.6 is 23.2 Å². The Morgan fingerprint density at radius 2 is 1.75 bits per heavy atom. The lowest BCUT2D eigenvalue weighted by Crippen LogP contribution is -2.33. The maximum atomic E-state index is 12.3. The third-order valence-electron chi connectivity index (χ3n) is 4.65. The van der Waals surface area contributed by atoms with Crippen molar-refractivity contribution in [1.82, 2.24) is 4.57 Å². The number of aromatic hydroxyl groups is 2. The molecule has 2 aromatic heterocycles. The molecule has 2 N–H and O–H groups in total. The molecule has 0 amide bonds. The van der Waals surface area contributed by atoms with E-state index in [-0.39, 0.29) is 15.9 Å². The van der Waals surface area contributed by atoms with Crippen molar-refractivity contribution >= 4 is 28.9 Å². The highest BCUT2D eigenvalue weighted by molar-refractivity contribution is 6.34. The fourth-order valence-corrected chi connectivity index (χ4v) is 3.65. The van der Waals surface area contributed by atoms with Gasteiger partial charge in [-0.2, -0.15) is 4.73 Å². The lowest BCUT2D eigenvalue weighted by molar-refractivity contribution is -0.609. The van der Waals surface area contributed by atoms with Crippen molar-refractivity contribution in [1.29, 1.82) is 0 Å². The van der Waals surface area contributed by atoms with Gasteiger partial charge in [0.25, 0.3) is 5.15 Å². The van der Waals surface area contributed by atoms with Gasteiger partial charge in [0.15, 0.2) is 5.75 Å². The molecule has 146 valence electrons. The van der Waals surface area contributed by atoms with Crippen molar-refractivity contribution in [3.05, 3.63) is 61.0 Å². The van der Waals surface area contributed by atoms with E-state index in [1.165, 1.54) is 6.07 Å². The number of nitrogens with zero attached hydrogens (tertiary/aromatic N) is 3. The minimum absolute atomic E-state index is 0.0494. The highest BCUT2D eigenvalue weighted by atomic mass is 35.5. The summed E-state index contributed by atoms with van der Waals surface area (Å²) in [5.41, 5.74) is 2.06. The summed E-state index contributed by atoms with van der Waals surface area (Å²) < 4.78 is 2.20. The number of phenolic OH excluding ortho intramolecular Hbond substituents is 2. The van der Waals surface area contributed by atoms with Crippen molar-refractivity contribution in [3.8, 4) is 34.0 Å². The Morgan fingerprint density at radius 1 is 1.14 bits per heavy atom. The number of phenols is 2. The second kappa shape index (κ2) is 6.88. The Labute approximate surface area is 169 Å². The predicted octanol–water partition coefficient (Wildman–Crippen LogP) is 4.24. The molecule has 0 saturated heterocycles. The molecule has 0 fully saturated rings. The molecule has 1 aromatic carbocycles. The second-order valence-corrected chi connectivity index (χ2v) is 7.00. The van der Waals surface area contributed by atoms with E-state index in [0.29, 0.717) is 32.8 Å². The van der Waals surface area contributed by atoms with Crippen LogP contribution in [0.4, 0.5) is 5.69 Å². The zero-order valence-electron chi connectivity index (χ0n) is 15.0. The van der Waals surface area contributed by atoms with Crippen LogP contribution in [0.1, 0.15) is 11.3 Å².